The van der Waals surface area contributed by atoms with Crippen LogP contribution < -0.4 is 10.6 Å². The van der Waals surface area contributed by atoms with Gasteiger partial charge in [0.05, 0.1) is 5.56 Å². The Morgan fingerprint density at radius 3 is 2.50 bits per heavy atom. The molecule has 20 heavy (non-hydrogen) atoms. The summed E-state index contributed by atoms with van der Waals surface area (Å²) in [6, 6.07) is 12.3. The summed E-state index contributed by atoms with van der Waals surface area (Å²) in [5.41, 5.74) is 9.99. The number of rotatable bonds is 4. The van der Waals surface area contributed by atoms with Gasteiger partial charge in [-0.1, -0.05) is 42.5 Å². The zero-order valence-electron chi connectivity index (χ0n) is 12.1. The summed E-state index contributed by atoms with van der Waals surface area (Å²) >= 11 is 5.18. The van der Waals surface area contributed by atoms with Gasteiger partial charge >= 0.3 is 0 Å². The van der Waals surface area contributed by atoms with Crippen molar-refractivity contribution in [3.05, 3.63) is 58.8 Å². The number of benzene rings is 1. The molecule has 104 valence electrons. The van der Waals surface area contributed by atoms with Gasteiger partial charge < -0.3 is 10.6 Å². The topological polar surface area (TPSA) is 42.1 Å². The van der Waals surface area contributed by atoms with Crippen LogP contribution in [-0.4, -0.2) is 17.0 Å². The van der Waals surface area contributed by atoms with Crippen LogP contribution in [0.15, 0.2) is 36.4 Å². The number of nitrogens with two attached hydrogens (primary N) is 1. The molecule has 1 heterocycles. The highest BCUT2D eigenvalue weighted by Gasteiger charge is 2.15. The summed E-state index contributed by atoms with van der Waals surface area (Å²) in [5.74, 6) is 0.846. The minimum Gasteiger partial charge on any atom is -0.389 e. The van der Waals surface area contributed by atoms with Crippen molar-refractivity contribution in [2.45, 2.75) is 20.4 Å². The molecule has 0 fully saturated rings. The average Bonchev–Trinajstić information content (AvgIpc) is 2.38. The Kier molecular flexibility index (Phi) is 4.35. The molecular formula is C16H19N3S. The third-order valence-electron chi connectivity index (χ3n) is 3.20. The van der Waals surface area contributed by atoms with Crippen LogP contribution in [0, 0.1) is 13.8 Å². The fourth-order valence-electron chi connectivity index (χ4n) is 2.33. The third kappa shape index (κ3) is 3.14. The fraction of sp³-hybridized carbons (Fsp3) is 0.250. The molecule has 0 saturated carbocycles. The standard InChI is InChI=1S/C16H19N3S/c1-11-9-12(2)18-16(14(11)15(17)20)19(3)10-13-7-5-4-6-8-13/h4-9H,10H2,1-3H3,(H2,17,20). The number of thiocarbonyl (C=S) groups is 1. The van der Waals surface area contributed by atoms with Gasteiger partial charge in [-0.05, 0) is 31.0 Å². The molecule has 1 aromatic carbocycles. The maximum atomic E-state index is 5.86. The second-order valence-electron chi connectivity index (χ2n) is 4.99. The molecule has 2 N–H and O–H groups in total. The Morgan fingerprint density at radius 1 is 1.25 bits per heavy atom. The summed E-state index contributed by atoms with van der Waals surface area (Å²) in [5, 5.41) is 0. The van der Waals surface area contributed by atoms with Crippen LogP contribution in [0.25, 0.3) is 0 Å². The lowest BCUT2D eigenvalue weighted by atomic mass is 10.1. The van der Waals surface area contributed by atoms with Crippen LogP contribution in [0.3, 0.4) is 0 Å². The molecule has 3 nitrogen and oxygen atoms in total. The Labute approximate surface area is 125 Å². The number of aryl methyl sites for hydroxylation is 2. The van der Waals surface area contributed by atoms with Crippen LogP contribution >= 0.6 is 12.2 Å². The van der Waals surface area contributed by atoms with Gasteiger partial charge in [-0.2, -0.15) is 0 Å². The highest BCUT2D eigenvalue weighted by atomic mass is 32.1. The number of anilines is 1. The maximum Gasteiger partial charge on any atom is 0.139 e. The van der Waals surface area contributed by atoms with Gasteiger partial charge in [0, 0.05) is 19.3 Å². The van der Waals surface area contributed by atoms with Crippen molar-refractivity contribution >= 4 is 23.0 Å². The second kappa shape index (κ2) is 6.01. The van der Waals surface area contributed by atoms with E-state index in [4.69, 9.17) is 18.0 Å². The normalized spacial score (nSPS) is 10.3. The van der Waals surface area contributed by atoms with Crippen molar-refractivity contribution in [1.29, 1.82) is 0 Å². The first-order valence-corrected chi connectivity index (χ1v) is 6.93. The first-order chi connectivity index (χ1) is 9.49. The molecule has 0 atom stereocenters. The molecular weight excluding hydrogens is 266 g/mol. The largest absolute Gasteiger partial charge is 0.389 e. The van der Waals surface area contributed by atoms with Gasteiger partial charge in [-0.25, -0.2) is 4.98 Å². The first kappa shape index (κ1) is 14.5. The van der Waals surface area contributed by atoms with Crippen molar-refractivity contribution in [3.63, 3.8) is 0 Å². The zero-order chi connectivity index (χ0) is 14.7. The fourth-order valence-corrected chi connectivity index (χ4v) is 2.58. The summed E-state index contributed by atoms with van der Waals surface area (Å²) in [6.45, 7) is 4.77. The maximum absolute atomic E-state index is 5.86. The summed E-state index contributed by atoms with van der Waals surface area (Å²) in [4.78, 5) is 7.09. The van der Waals surface area contributed by atoms with E-state index in [1.165, 1.54) is 5.56 Å². The molecule has 0 bridgehead atoms. The van der Waals surface area contributed by atoms with E-state index in [-0.39, 0.29) is 0 Å². The Bertz CT molecular complexity index is 623. The highest BCUT2D eigenvalue weighted by Crippen LogP contribution is 2.23. The molecule has 2 rings (SSSR count). The lowest BCUT2D eigenvalue weighted by Crippen LogP contribution is -2.24. The van der Waals surface area contributed by atoms with Crippen molar-refractivity contribution in [2.24, 2.45) is 5.73 Å². The van der Waals surface area contributed by atoms with E-state index >= 15 is 0 Å². The van der Waals surface area contributed by atoms with Gasteiger partial charge in [0.25, 0.3) is 0 Å². The van der Waals surface area contributed by atoms with E-state index in [0.717, 1.165) is 29.2 Å². The van der Waals surface area contributed by atoms with E-state index in [1.807, 2.05) is 45.2 Å². The van der Waals surface area contributed by atoms with Gasteiger partial charge in [0.15, 0.2) is 0 Å². The van der Waals surface area contributed by atoms with Crippen molar-refractivity contribution in [3.8, 4) is 0 Å². The molecule has 4 heteroatoms. The Balaban J connectivity index is 2.38. The molecule has 0 spiro atoms. The number of hydrogen-bond donors (Lipinski definition) is 1. The predicted molar refractivity (Wildman–Crippen MR) is 88.1 cm³/mol. The first-order valence-electron chi connectivity index (χ1n) is 6.52. The van der Waals surface area contributed by atoms with Gasteiger partial charge in [-0.3, -0.25) is 0 Å². The van der Waals surface area contributed by atoms with E-state index in [0.29, 0.717) is 4.99 Å². The van der Waals surface area contributed by atoms with Crippen molar-refractivity contribution < 1.29 is 0 Å². The number of hydrogen-bond acceptors (Lipinski definition) is 3. The molecule has 0 saturated heterocycles. The van der Waals surface area contributed by atoms with E-state index in [1.54, 1.807) is 0 Å². The third-order valence-corrected chi connectivity index (χ3v) is 3.40. The quantitative estimate of drug-likeness (QED) is 0.877. The molecule has 2 aromatic rings. The minimum absolute atomic E-state index is 0.393. The van der Waals surface area contributed by atoms with Crippen LogP contribution in [0.2, 0.25) is 0 Å². The summed E-state index contributed by atoms with van der Waals surface area (Å²) in [7, 11) is 2.01. The average molecular weight is 285 g/mol. The number of pyridine rings is 1. The van der Waals surface area contributed by atoms with Crippen molar-refractivity contribution in [1.82, 2.24) is 4.98 Å². The van der Waals surface area contributed by atoms with Crippen LogP contribution in [-0.2, 0) is 6.54 Å². The van der Waals surface area contributed by atoms with Gasteiger partial charge in [-0.15, -0.1) is 0 Å². The number of nitrogens with zero attached hydrogens (tertiary/aromatic N) is 2. The molecule has 0 radical (unpaired) electrons. The van der Waals surface area contributed by atoms with E-state index in [2.05, 4.69) is 22.0 Å². The summed E-state index contributed by atoms with van der Waals surface area (Å²) < 4.78 is 0. The zero-order valence-corrected chi connectivity index (χ0v) is 12.9. The van der Waals surface area contributed by atoms with Gasteiger partial charge in [0.1, 0.15) is 10.8 Å². The lowest BCUT2D eigenvalue weighted by Gasteiger charge is -2.22. The van der Waals surface area contributed by atoms with Crippen LogP contribution in [0.4, 0.5) is 5.82 Å². The molecule has 0 aliphatic heterocycles. The SMILES string of the molecule is Cc1cc(C)c(C(N)=S)c(N(C)Cc2ccccc2)n1. The Morgan fingerprint density at radius 2 is 1.90 bits per heavy atom. The summed E-state index contributed by atoms with van der Waals surface area (Å²) in [6.07, 6.45) is 0. The monoisotopic (exact) mass is 285 g/mol. The lowest BCUT2D eigenvalue weighted by molar-refractivity contribution is 0.888. The number of aromatic nitrogens is 1. The van der Waals surface area contributed by atoms with E-state index < -0.39 is 0 Å². The molecule has 1 aromatic heterocycles. The van der Waals surface area contributed by atoms with Crippen LogP contribution in [0.5, 0.6) is 0 Å². The van der Waals surface area contributed by atoms with Crippen LogP contribution in [0.1, 0.15) is 22.4 Å². The Hall–Kier alpha value is -1.94. The van der Waals surface area contributed by atoms with Crippen molar-refractivity contribution in [2.75, 3.05) is 11.9 Å². The molecule has 0 amide bonds. The highest BCUT2D eigenvalue weighted by molar-refractivity contribution is 7.80. The molecule has 0 aliphatic carbocycles. The van der Waals surface area contributed by atoms with Gasteiger partial charge in [0.2, 0.25) is 0 Å². The molecule has 0 unspecified atom stereocenters. The smallest absolute Gasteiger partial charge is 0.139 e. The molecule has 0 aliphatic rings. The minimum atomic E-state index is 0.393. The predicted octanol–water partition coefficient (Wildman–Crippen LogP) is 2.97. The second-order valence-corrected chi connectivity index (χ2v) is 5.42. The van der Waals surface area contributed by atoms with E-state index in [9.17, 15) is 0 Å².